The van der Waals surface area contributed by atoms with E-state index in [9.17, 15) is 0 Å². The molecule has 1 fully saturated rings. The van der Waals surface area contributed by atoms with E-state index in [0.29, 0.717) is 6.61 Å². The van der Waals surface area contributed by atoms with Crippen LogP contribution in [0.4, 0.5) is 0 Å². The molecule has 3 heterocycles. The highest BCUT2D eigenvalue weighted by molar-refractivity contribution is 5.54. The average molecular weight is 281 g/mol. The van der Waals surface area contributed by atoms with E-state index >= 15 is 0 Å². The van der Waals surface area contributed by atoms with Gasteiger partial charge in [-0.3, -0.25) is 0 Å². The summed E-state index contributed by atoms with van der Waals surface area (Å²) in [5, 5.41) is 3.40. The molecule has 0 atom stereocenters. The number of piperidine rings is 1. The molecular formula is C17H19N3O. The molecule has 2 aromatic rings. The minimum atomic E-state index is -0.0133. The number of hydrogen-bond donors (Lipinski definition) is 1. The molecule has 1 aromatic heterocycles. The van der Waals surface area contributed by atoms with Crippen LogP contribution >= 0.6 is 0 Å². The van der Waals surface area contributed by atoms with Crippen molar-refractivity contribution in [3.8, 4) is 11.4 Å². The van der Waals surface area contributed by atoms with Crippen LogP contribution in [0.2, 0.25) is 0 Å². The molecule has 0 radical (unpaired) electrons. The van der Waals surface area contributed by atoms with Crippen LogP contribution in [-0.4, -0.2) is 28.7 Å². The van der Waals surface area contributed by atoms with Gasteiger partial charge in [0.05, 0.1) is 17.9 Å². The summed E-state index contributed by atoms with van der Waals surface area (Å²) in [6.45, 7) is 2.71. The van der Waals surface area contributed by atoms with Crippen LogP contribution < -0.4 is 5.32 Å². The lowest BCUT2D eigenvalue weighted by atomic mass is 9.84. The molecule has 0 saturated carbocycles. The maximum Gasteiger partial charge on any atom is 0.159 e. The maximum atomic E-state index is 6.16. The predicted molar refractivity (Wildman–Crippen MR) is 80.8 cm³/mol. The van der Waals surface area contributed by atoms with Crippen LogP contribution in [0, 0.1) is 0 Å². The first-order valence-corrected chi connectivity index (χ1v) is 7.60. The van der Waals surface area contributed by atoms with Gasteiger partial charge in [-0.25, -0.2) is 9.97 Å². The van der Waals surface area contributed by atoms with Crippen LogP contribution in [0.1, 0.15) is 24.1 Å². The summed E-state index contributed by atoms with van der Waals surface area (Å²) < 4.78 is 6.16. The molecule has 21 heavy (non-hydrogen) atoms. The quantitative estimate of drug-likeness (QED) is 0.871. The molecule has 108 valence electrons. The third kappa shape index (κ3) is 2.45. The van der Waals surface area contributed by atoms with Crippen molar-refractivity contribution >= 4 is 0 Å². The summed E-state index contributed by atoms with van der Waals surface area (Å²) in [7, 11) is 0. The Balaban J connectivity index is 1.67. The Labute approximate surface area is 124 Å². The lowest BCUT2D eigenvalue weighted by Crippen LogP contribution is -2.47. The van der Waals surface area contributed by atoms with Crippen LogP contribution in [0.15, 0.2) is 36.5 Å². The Bertz CT molecular complexity index is 636. The first kappa shape index (κ1) is 12.9. The molecule has 0 aliphatic carbocycles. The Morgan fingerprint density at radius 1 is 1.10 bits per heavy atom. The van der Waals surface area contributed by atoms with E-state index in [4.69, 9.17) is 9.72 Å². The fourth-order valence-corrected chi connectivity index (χ4v) is 3.23. The van der Waals surface area contributed by atoms with Gasteiger partial charge in [0.2, 0.25) is 0 Å². The second-order valence-corrected chi connectivity index (χ2v) is 5.93. The Morgan fingerprint density at radius 2 is 1.90 bits per heavy atom. The van der Waals surface area contributed by atoms with Gasteiger partial charge in [-0.15, -0.1) is 0 Å². The SMILES string of the molecule is c1ccc(-c2ncc3c(n2)CC2(CCNCC2)OC3)cc1. The number of ether oxygens (including phenoxy) is 1. The van der Waals surface area contributed by atoms with Gasteiger partial charge in [-0.1, -0.05) is 30.3 Å². The van der Waals surface area contributed by atoms with Crippen LogP contribution in [0.3, 0.4) is 0 Å². The van der Waals surface area contributed by atoms with Crippen molar-refractivity contribution in [1.29, 1.82) is 0 Å². The number of rotatable bonds is 1. The highest BCUT2D eigenvalue weighted by Crippen LogP contribution is 2.34. The van der Waals surface area contributed by atoms with Crippen molar-refractivity contribution in [2.75, 3.05) is 13.1 Å². The van der Waals surface area contributed by atoms with Crippen molar-refractivity contribution in [2.24, 2.45) is 0 Å². The Hall–Kier alpha value is -1.78. The summed E-state index contributed by atoms with van der Waals surface area (Å²) in [5.74, 6) is 0.820. The van der Waals surface area contributed by atoms with E-state index in [-0.39, 0.29) is 5.60 Å². The molecule has 0 unspecified atom stereocenters. The van der Waals surface area contributed by atoms with E-state index in [1.54, 1.807) is 0 Å². The van der Waals surface area contributed by atoms with Crippen LogP contribution in [0.25, 0.3) is 11.4 Å². The second-order valence-electron chi connectivity index (χ2n) is 5.93. The summed E-state index contributed by atoms with van der Waals surface area (Å²) in [5.41, 5.74) is 3.36. The Kier molecular flexibility index (Phi) is 3.20. The van der Waals surface area contributed by atoms with E-state index in [0.717, 1.165) is 55.0 Å². The molecule has 1 spiro atoms. The summed E-state index contributed by atoms with van der Waals surface area (Å²) in [4.78, 5) is 9.31. The number of hydrogen-bond acceptors (Lipinski definition) is 4. The highest BCUT2D eigenvalue weighted by atomic mass is 16.5. The first-order valence-electron chi connectivity index (χ1n) is 7.60. The van der Waals surface area contributed by atoms with Gasteiger partial charge in [0.25, 0.3) is 0 Å². The van der Waals surface area contributed by atoms with Crippen molar-refractivity contribution in [3.63, 3.8) is 0 Å². The first-order chi connectivity index (χ1) is 10.3. The van der Waals surface area contributed by atoms with Gasteiger partial charge in [0.15, 0.2) is 5.82 Å². The number of fused-ring (bicyclic) bond motifs is 1. The van der Waals surface area contributed by atoms with Crippen molar-refractivity contribution in [3.05, 3.63) is 47.8 Å². The van der Waals surface area contributed by atoms with E-state index in [1.807, 2.05) is 24.4 Å². The van der Waals surface area contributed by atoms with Crippen molar-refractivity contribution in [1.82, 2.24) is 15.3 Å². The Morgan fingerprint density at radius 3 is 2.71 bits per heavy atom. The monoisotopic (exact) mass is 281 g/mol. The predicted octanol–water partition coefficient (Wildman–Crippen LogP) is 2.34. The van der Waals surface area contributed by atoms with Crippen LogP contribution in [-0.2, 0) is 17.8 Å². The molecule has 4 nitrogen and oxygen atoms in total. The van der Waals surface area contributed by atoms with Gasteiger partial charge in [-0.2, -0.15) is 0 Å². The largest absolute Gasteiger partial charge is 0.370 e. The average Bonchev–Trinajstić information content (AvgIpc) is 2.56. The fraction of sp³-hybridized carbons (Fsp3) is 0.412. The lowest BCUT2D eigenvalue weighted by molar-refractivity contribution is -0.0867. The third-order valence-corrected chi connectivity index (χ3v) is 4.52. The molecule has 1 saturated heterocycles. The van der Waals surface area contributed by atoms with Crippen molar-refractivity contribution in [2.45, 2.75) is 31.5 Å². The zero-order valence-corrected chi connectivity index (χ0v) is 12.0. The molecule has 2 aliphatic heterocycles. The van der Waals surface area contributed by atoms with Gasteiger partial charge >= 0.3 is 0 Å². The molecule has 4 heteroatoms. The third-order valence-electron chi connectivity index (χ3n) is 4.52. The van der Waals surface area contributed by atoms with Gasteiger partial charge in [0, 0.05) is 23.7 Å². The van der Waals surface area contributed by atoms with E-state index < -0.39 is 0 Å². The fourth-order valence-electron chi connectivity index (χ4n) is 3.23. The number of nitrogens with one attached hydrogen (secondary N) is 1. The molecule has 4 rings (SSSR count). The van der Waals surface area contributed by atoms with E-state index in [2.05, 4.69) is 22.4 Å². The van der Waals surface area contributed by atoms with E-state index in [1.165, 1.54) is 0 Å². The second kappa shape index (κ2) is 5.20. The topological polar surface area (TPSA) is 47.0 Å². The van der Waals surface area contributed by atoms with Crippen molar-refractivity contribution < 1.29 is 4.74 Å². The summed E-state index contributed by atoms with van der Waals surface area (Å²) in [6, 6.07) is 10.2. The lowest BCUT2D eigenvalue weighted by Gasteiger charge is -2.40. The van der Waals surface area contributed by atoms with Gasteiger partial charge in [0.1, 0.15) is 0 Å². The number of benzene rings is 1. The summed E-state index contributed by atoms with van der Waals surface area (Å²) >= 11 is 0. The molecule has 0 bridgehead atoms. The molecule has 0 amide bonds. The van der Waals surface area contributed by atoms with Gasteiger partial charge < -0.3 is 10.1 Å². The molecule has 1 aromatic carbocycles. The minimum absolute atomic E-state index is 0.0133. The zero-order valence-electron chi connectivity index (χ0n) is 12.0. The normalized spacial score (nSPS) is 20.2. The highest BCUT2D eigenvalue weighted by Gasteiger charge is 2.37. The summed E-state index contributed by atoms with van der Waals surface area (Å²) in [6.07, 6.45) is 4.97. The zero-order chi connectivity index (χ0) is 14.1. The molecular weight excluding hydrogens is 262 g/mol. The number of aromatic nitrogens is 2. The van der Waals surface area contributed by atoms with Crippen LogP contribution in [0.5, 0.6) is 0 Å². The standard InChI is InChI=1S/C17H19N3O/c1-2-4-13(5-3-1)16-19-11-14-12-21-17(10-15(14)20-16)6-8-18-9-7-17/h1-5,11,18H,6-10,12H2. The molecule has 2 aliphatic rings. The minimum Gasteiger partial charge on any atom is -0.370 e. The van der Waals surface area contributed by atoms with Gasteiger partial charge in [-0.05, 0) is 25.9 Å². The maximum absolute atomic E-state index is 6.16. The number of nitrogens with zero attached hydrogens (tertiary/aromatic N) is 2. The molecule has 1 N–H and O–H groups in total. The smallest absolute Gasteiger partial charge is 0.159 e.